The first-order valence-corrected chi connectivity index (χ1v) is 7.34. The van der Waals surface area contributed by atoms with Crippen LogP contribution in [0.4, 0.5) is 18.0 Å². The second-order valence-electron chi connectivity index (χ2n) is 5.55. The van der Waals surface area contributed by atoms with Gasteiger partial charge in [0.2, 0.25) is 0 Å². The number of carbonyl (C=O) groups excluding carboxylic acids is 2. The van der Waals surface area contributed by atoms with E-state index in [0.29, 0.717) is 11.3 Å². The van der Waals surface area contributed by atoms with Crippen LogP contribution in [0.3, 0.4) is 0 Å². The monoisotopic (exact) mass is 344 g/mol. The minimum Gasteiger partial charge on any atom is -0.493 e. The van der Waals surface area contributed by atoms with E-state index >= 15 is 0 Å². The van der Waals surface area contributed by atoms with Crippen molar-refractivity contribution >= 4 is 11.9 Å². The molecule has 130 valence electrons. The van der Waals surface area contributed by atoms with Crippen LogP contribution in [0.15, 0.2) is 24.3 Å². The molecule has 24 heavy (non-hydrogen) atoms. The van der Waals surface area contributed by atoms with E-state index in [0.717, 1.165) is 4.90 Å². The van der Waals surface area contributed by atoms with Crippen molar-refractivity contribution in [2.24, 2.45) is 0 Å². The molecule has 2 heterocycles. The lowest BCUT2D eigenvalue weighted by atomic mass is 9.84. The number of hydrogen-bond donors (Lipinski definition) is 1. The SMILES string of the molecule is O=C1N[C@]2(CCOc3ccccc32)C(=O)N1CCOCC(F)(F)F. The van der Waals surface area contributed by atoms with Gasteiger partial charge in [-0.25, -0.2) is 4.79 Å². The summed E-state index contributed by atoms with van der Waals surface area (Å²) in [6.45, 7) is -1.79. The van der Waals surface area contributed by atoms with E-state index < -0.39 is 30.3 Å². The van der Waals surface area contributed by atoms with E-state index in [1.807, 2.05) is 0 Å². The number of imide groups is 1. The number of fused-ring (bicyclic) bond motifs is 2. The number of para-hydroxylation sites is 1. The Bertz CT molecular complexity index is 664. The van der Waals surface area contributed by atoms with Gasteiger partial charge in [-0.3, -0.25) is 9.69 Å². The van der Waals surface area contributed by atoms with Gasteiger partial charge in [-0.15, -0.1) is 0 Å². The highest BCUT2D eigenvalue weighted by Crippen LogP contribution is 2.40. The van der Waals surface area contributed by atoms with Crippen molar-refractivity contribution in [1.82, 2.24) is 10.2 Å². The molecule has 1 saturated heterocycles. The van der Waals surface area contributed by atoms with Gasteiger partial charge < -0.3 is 14.8 Å². The smallest absolute Gasteiger partial charge is 0.411 e. The number of halogens is 3. The number of ether oxygens (including phenoxy) is 2. The minimum atomic E-state index is -4.45. The van der Waals surface area contributed by atoms with Crippen LogP contribution in [0.2, 0.25) is 0 Å². The number of alkyl halides is 3. The van der Waals surface area contributed by atoms with Gasteiger partial charge in [-0.2, -0.15) is 13.2 Å². The van der Waals surface area contributed by atoms with Gasteiger partial charge in [0.05, 0.1) is 19.8 Å². The van der Waals surface area contributed by atoms with Crippen LogP contribution < -0.4 is 10.1 Å². The highest BCUT2D eigenvalue weighted by molar-refractivity contribution is 6.07. The van der Waals surface area contributed by atoms with E-state index in [1.54, 1.807) is 24.3 Å². The van der Waals surface area contributed by atoms with Gasteiger partial charge in [0.25, 0.3) is 5.91 Å². The number of benzene rings is 1. The maximum Gasteiger partial charge on any atom is 0.411 e. The molecule has 0 radical (unpaired) electrons. The zero-order chi connectivity index (χ0) is 17.4. The summed E-state index contributed by atoms with van der Waals surface area (Å²) in [5, 5.41) is 2.66. The van der Waals surface area contributed by atoms with Crippen molar-refractivity contribution in [2.45, 2.75) is 18.1 Å². The standard InChI is InChI=1S/C15H15F3N2O4/c16-15(17,18)9-23-8-6-20-12(21)14(19-13(20)22)5-7-24-11-4-2-1-3-10(11)14/h1-4H,5-9H2,(H,19,22)/t14-/m0/s1. The summed E-state index contributed by atoms with van der Waals surface area (Å²) < 4.78 is 46.2. The summed E-state index contributed by atoms with van der Waals surface area (Å²) in [4.78, 5) is 25.8. The number of carbonyl (C=O) groups is 2. The van der Waals surface area contributed by atoms with E-state index in [-0.39, 0.29) is 26.2 Å². The van der Waals surface area contributed by atoms with Gasteiger partial charge in [0, 0.05) is 12.0 Å². The fraction of sp³-hybridized carbons (Fsp3) is 0.467. The van der Waals surface area contributed by atoms with Crippen LogP contribution in [0.5, 0.6) is 5.75 Å². The molecule has 0 unspecified atom stereocenters. The Kier molecular flexibility index (Phi) is 4.12. The highest BCUT2D eigenvalue weighted by Gasteiger charge is 2.54. The third kappa shape index (κ3) is 2.91. The molecule has 1 atom stereocenters. The van der Waals surface area contributed by atoms with E-state index in [1.165, 1.54) is 0 Å². The second kappa shape index (κ2) is 5.97. The number of hydrogen-bond acceptors (Lipinski definition) is 4. The molecule has 0 aliphatic carbocycles. The molecule has 0 bridgehead atoms. The van der Waals surface area contributed by atoms with E-state index in [2.05, 4.69) is 10.1 Å². The molecule has 1 fully saturated rings. The molecular formula is C15H15F3N2O4. The Morgan fingerprint density at radius 2 is 2.04 bits per heavy atom. The van der Waals surface area contributed by atoms with Crippen LogP contribution in [-0.2, 0) is 15.1 Å². The molecule has 1 aromatic carbocycles. The van der Waals surface area contributed by atoms with Crippen LogP contribution >= 0.6 is 0 Å². The maximum absolute atomic E-state index is 12.8. The highest BCUT2D eigenvalue weighted by atomic mass is 19.4. The minimum absolute atomic E-state index is 0.245. The normalized spacial score (nSPS) is 23.2. The van der Waals surface area contributed by atoms with Crippen molar-refractivity contribution in [1.29, 1.82) is 0 Å². The third-order valence-corrected chi connectivity index (χ3v) is 3.98. The van der Waals surface area contributed by atoms with Crippen LogP contribution in [0, 0.1) is 0 Å². The largest absolute Gasteiger partial charge is 0.493 e. The predicted octanol–water partition coefficient (Wildman–Crippen LogP) is 1.80. The quantitative estimate of drug-likeness (QED) is 0.668. The molecular weight excluding hydrogens is 329 g/mol. The molecule has 3 rings (SSSR count). The maximum atomic E-state index is 12.8. The topological polar surface area (TPSA) is 67.9 Å². The van der Waals surface area contributed by atoms with Gasteiger partial charge in [0.15, 0.2) is 5.54 Å². The van der Waals surface area contributed by atoms with E-state index in [9.17, 15) is 22.8 Å². The van der Waals surface area contributed by atoms with Crippen molar-refractivity contribution in [3.8, 4) is 5.75 Å². The summed E-state index contributed by atoms with van der Waals surface area (Å²) in [5.74, 6) is 0.00595. The molecule has 6 nitrogen and oxygen atoms in total. The van der Waals surface area contributed by atoms with Crippen molar-refractivity contribution in [3.63, 3.8) is 0 Å². The first kappa shape index (κ1) is 16.6. The number of nitrogens with one attached hydrogen (secondary N) is 1. The summed E-state index contributed by atoms with van der Waals surface area (Å²) >= 11 is 0. The summed E-state index contributed by atoms with van der Waals surface area (Å²) in [5.41, 5.74) is -0.677. The second-order valence-corrected chi connectivity index (χ2v) is 5.55. The van der Waals surface area contributed by atoms with Crippen molar-refractivity contribution in [3.05, 3.63) is 29.8 Å². The number of nitrogens with zero attached hydrogens (tertiary/aromatic N) is 1. The van der Waals surface area contributed by atoms with Crippen LogP contribution in [0.1, 0.15) is 12.0 Å². The average molecular weight is 344 g/mol. The van der Waals surface area contributed by atoms with Crippen LogP contribution in [0.25, 0.3) is 0 Å². The predicted molar refractivity (Wildman–Crippen MR) is 75.4 cm³/mol. The lowest BCUT2D eigenvalue weighted by molar-refractivity contribution is -0.174. The Labute approximate surface area is 135 Å². The molecule has 1 N–H and O–H groups in total. The third-order valence-electron chi connectivity index (χ3n) is 3.98. The Hall–Kier alpha value is -2.29. The molecule has 2 aliphatic rings. The molecule has 1 aromatic rings. The Balaban J connectivity index is 1.73. The fourth-order valence-electron chi connectivity index (χ4n) is 2.92. The number of amides is 3. The first-order chi connectivity index (χ1) is 11.3. The zero-order valence-corrected chi connectivity index (χ0v) is 12.6. The molecule has 0 saturated carbocycles. The average Bonchev–Trinajstić information content (AvgIpc) is 2.75. The molecule has 0 aromatic heterocycles. The summed E-state index contributed by atoms with van der Waals surface area (Å²) in [7, 11) is 0. The first-order valence-electron chi connectivity index (χ1n) is 7.34. The van der Waals surface area contributed by atoms with Gasteiger partial charge in [-0.05, 0) is 6.07 Å². The number of urea groups is 1. The van der Waals surface area contributed by atoms with Crippen LogP contribution in [-0.4, -0.2) is 49.4 Å². The van der Waals surface area contributed by atoms with E-state index in [4.69, 9.17) is 4.74 Å². The van der Waals surface area contributed by atoms with Crippen molar-refractivity contribution < 1.29 is 32.2 Å². The Morgan fingerprint density at radius 3 is 2.79 bits per heavy atom. The molecule has 3 amide bonds. The summed E-state index contributed by atoms with van der Waals surface area (Å²) in [6.07, 6.45) is -4.19. The fourth-order valence-corrected chi connectivity index (χ4v) is 2.92. The molecule has 2 aliphatic heterocycles. The van der Waals surface area contributed by atoms with Gasteiger partial charge in [-0.1, -0.05) is 18.2 Å². The zero-order valence-electron chi connectivity index (χ0n) is 12.6. The lowest BCUT2D eigenvalue weighted by Gasteiger charge is -2.33. The van der Waals surface area contributed by atoms with Gasteiger partial charge in [0.1, 0.15) is 12.4 Å². The lowest BCUT2D eigenvalue weighted by Crippen LogP contribution is -2.47. The van der Waals surface area contributed by atoms with Crippen molar-refractivity contribution in [2.75, 3.05) is 26.4 Å². The number of rotatable bonds is 4. The summed E-state index contributed by atoms with van der Waals surface area (Å²) in [6, 6.07) is 6.22. The Morgan fingerprint density at radius 1 is 1.29 bits per heavy atom. The van der Waals surface area contributed by atoms with Gasteiger partial charge >= 0.3 is 12.2 Å². The molecule has 9 heteroatoms. The molecule has 1 spiro atoms.